The lowest BCUT2D eigenvalue weighted by Gasteiger charge is -2.10. The van der Waals surface area contributed by atoms with Crippen LogP contribution in [-0.2, 0) is 4.79 Å². The second-order valence-electron chi connectivity index (χ2n) is 6.51. The number of carbonyl (C=O) groups is 1. The van der Waals surface area contributed by atoms with Gasteiger partial charge in [0, 0.05) is 21.0 Å². The number of methoxy groups -OCH3 is 1. The molecule has 0 aliphatic heterocycles. The SMILES string of the molecule is CCCOc1ccc(/C=C/C(=O)Nc2nc(-c3ccc(Br)cc3)c(C)s2)cc1OC. The molecule has 0 radical (unpaired) electrons. The number of hydrogen-bond donors (Lipinski definition) is 1. The Morgan fingerprint density at radius 2 is 1.97 bits per heavy atom. The molecule has 0 fully saturated rings. The van der Waals surface area contributed by atoms with Crippen LogP contribution in [0.25, 0.3) is 17.3 Å². The average molecular weight is 487 g/mol. The summed E-state index contributed by atoms with van der Waals surface area (Å²) in [7, 11) is 1.60. The first-order chi connectivity index (χ1) is 14.5. The van der Waals surface area contributed by atoms with Gasteiger partial charge in [-0.3, -0.25) is 10.1 Å². The van der Waals surface area contributed by atoms with E-state index in [0.29, 0.717) is 23.2 Å². The third-order valence-electron chi connectivity index (χ3n) is 4.22. The molecule has 5 nitrogen and oxygen atoms in total. The first-order valence-corrected chi connectivity index (χ1v) is 11.1. The largest absolute Gasteiger partial charge is 0.493 e. The molecule has 2 aromatic carbocycles. The maximum atomic E-state index is 12.4. The normalized spacial score (nSPS) is 10.9. The summed E-state index contributed by atoms with van der Waals surface area (Å²) < 4.78 is 12.0. The van der Waals surface area contributed by atoms with Crippen LogP contribution in [-0.4, -0.2) is 24.6 Å². The van der Waals surface area contributed by atoms with E-state index in [1.807, 2.05) is 56.3 Å². The standard InChI is InChI=1S/C23H23BrN2O3S/c1-4-13-29-19-11-5-16(14-20(19)28-3)6-12-21(27)25-23-26-22(15(2)30-23)17-7-9-18(24)10-8-17/h5-12,14H,4,13H2,1-3H3,(H,25,26,27)/b12-6+. The molecule has 156 valence electrons. The van der Waals surface area contributed by atoms with Crippen molar-refractivity contribution in [2.24, 2.45) is 0 Å². The van der Waals surface area contributed by atoms with Crippen molar-refractivity contribution in [1.82, 2.24) is 4.98 Å². The van der Waals surface area contributed by atoms with E-state index in [2.05, 4.69) is 26.2 Å². The predicted octanol–water partition coefficient (Wildman–Crippen LogP) is 6.33. The number of benzene rings is 2. The maximum Gasteiger partial charge on any atom is 0.250 e. The molecule has 0 spiro atoms. The van der Waals surface area contributed by atoms with Crippen LogP contribution in [0, 0.1) is 6.92 Å². The monoisotopic (exact) mass is 486 g/mol. The van der Waals surface area contributed by atoms with Crippen molar-refractivity contribution in [3.63, 3.8) is 0 Å². The zero-order valence-corrected chi connectivity index (χ0v) is 19.5. The molecule has 1 N–H and O–H groups in total. The number of hydrogen-bond acceptors (Lipinski definition) is 5. The Balaban J connectivity index is 1.68. The number of nitrogens with zero attached hydrogens (tertiary/aromatic N) is 1. The number of nitrogens with one attached hydrogen (secondary N) is 1. The zero-order valence-electron chi connectivity index (χ0n) is 17.1. The molecule has 0 saturated heterocycles. The number of amides is 1. The van der Waals surface area contributed by atoms with E-state index in [0.717, 1.165) is 32.6 Å². The molecule has 1 aromatic heterocycles. The van der Waals surface area contributed by atoms with E-state index in [1.165, 1.54) is 17.4 Å². The van der Waals surface area contributed by atoms with Crippen molar-refractivity contribution in [3.8, 4) is 22.8 Å². The van der Waals surface area contributed by atoms with Crippen LogP contribution in [0.5, 0.6) is 11.5 Å². The van der Waals surface area contributed by atoms with Crippen molar-refractivity contribution < 1.29 is 14.3 Å². The van der Waals surface area contributed by atoms with Gasteiger partial charge in [0.15, 0.2) is 16.6 Å². The molecule has 0 aliphatic rings. The minimum atomic E-state index is -0.239. The molecule has 3 aromatic rings. The van der Waals surface area contributed by atoms with Crippen LogP contribution in [0.2, 0.25) is 0 Å². The van der Waals surface area contributed by atoms with Crippen molar-refractivity contribution in [3.05, 3.63) is 63.5 Å². The molecule has 3 rings (SSSR count). The molecule has 0 saturated carbocycles. The molecule has 30 heavy (non-hydrogen) atoms. The highest BCUT2D eigenvalue weighted by molar-refractivity contribution is 9.10. The average Bonchev–Trinajstić information content (AvgIpc) is 3.11. The first-order valence-electron chi connectivity index (χ1n) is 9.53. The van der Waals surface area contributed by atoms with Crippen LogP contribution in [0.15, 0.2) is 53.0 Å². The van der Waals surface area contributed by atoms with Gasteiger partial charge in [-0.15, -0.1) is 11.3 Å². The van der Waals surface area contributed by atoms with Crippen LogP contribution in [0.3, 0.4) is 0 Å². The van der Waals surface area contributed by atoms with Gasteiger partial charge in [-0.1, -0.05) is 41.1 Å². The predicted molar refractivity (Wildman–Crippen MR) is 126 cm³/mol. The van der Waals surface area contributed by atoms with Gasteiger partial charge in [-0.05, 0) is 49.2 Å². The second kappa shape index (κ2) is 10.4. The van der Waals surface area contributed by atoms with Crippen molar-refractivity contribution in [1.29, 1.82) is 0 Å². The van der Waals surface area contributed by atoms with Crippen LogP contribution < -0.4 is 14.8 Å². The van der Waals surface area contributed by atoms with Crippen molar-refractivity contribution in [2.45, 2.75) is 20.3 Å². The quantitative estimate of drug-likeness (QED) is 0.377. The van der Waals surface area contributed by atoms with E-state index >= 15 is 0 Å². The van der Waals surface area contributed by atoms with E-state index in [4.69, 9.17) is 9.47 Å². The Labute approximate surface area is 188 Å². The Hall–Kier alpha value is -2.64. The topological polar surface area (TPSA) is 60.5 Å². The smallest absolute Gasteiger partial charge is 0.250 e. The molecule has 0 bridgehead atoms. The number of anilines is 1. The minimum absolute atomic E-state index is 0.239. The molecule has 7 heteroatoms. The van der Waals surface area contributed by atoms with Gasteiger partial charge in [-0.25, -0.2) is 4.98 Å². The lowest BCUT2D eigenvalue weighted by molar-refractivity contribution is -0.111. The van der Waals surface area contributed by atoms with Gasteiger partial charge >= 0.3 is 0 Å². The number of aromatic nitrogens is 1. The minimum Gasteiger partial charge on any atom is -0.493 e. The number of thiazole rings is 1. The third-order valence-corrected chi connectivity index (χ3v) is 5.64. The summed E-state index contributed by atoms with van der Waals surface area (Å²) in [6.45, 7) is 4.67. The van der Waals surface area contributed by atoms with E-state index in [-0.39, 0.29) is 5.91 Å². The fraction of sp³-hybridized carbons (Fsp3) is 0.217. The highest BCUT2D eigenvalue weighted by atomic mass is 79.9. The first kappa shape index (κ1) is 22.1. The van der Waals surface area contributed by atoms with E-state index in [9.17, 15) is 4.79 Å². The Morgan fingerprint density at radius 3 is 2.67 bits per heavy atom. The fourth-order valence-electron chi connectivity index (χ4n) is 2.76. The number of rotatable bonds is 8. The molecule has 0 aliphatic carbocycles. The molecular weight excluding hydrogens is 464 g/mol. The summed E-state index contributed by atoms with van der Waals surface area (Å²) in [6, 6.07) is 13.5. The van der Waals surface area contributed by atoms with Gasteiger partial charge in [0.25, 0.3) is 0 Å². The molecule has 0 atom stereocenters. The third kappa shape index (κ3) is 5.70. The highest BCUT2D eigenvalue weighted by Gasteiger charge is 2.11. The fourth-order valence-corrected chi connectivity index (χ4v) is 3.87. The molecule has 1 heterocycles. The summed E-state index contributed by atoms with van der Waals surface area (Å²) in [5.74, 6) is 1.09. The van der Waals surface area contributed by atoms with Crippen molar-refractivity contribution >= 4 is 44.4 Å². The number of halogens is 1. The highest BCUT2D eigenvalue weighted by Crippen LogP contribution is 2.31. The second-order valence-corrected chi connectivity index (χ2v) is 8.63. The van der Waals surface area contributed by atoms with Gasteiger partial charge < -0.3 is 9.47 Å². The summed E-state index contributed by atoms with van der Waals surface area (Å²) in [5, 5.41) is 3.41. The number of carbonyl (C=O) groups excluding carboxylic acids is 1. The summed E-state index contributed by atoms with van der Waals surface area (Å²) in [4.78, 5) is 18.0. The lowest BCUT2D eigenvalue weighted by atomic mass is 10.1. The van der Waals surface area contributed by atoms with Gasteiger partial charge in [0.2, 0.25) is 5.91 Å². The summed E-state index contributed by atoms with van der Waals surface area (Å²) in [5.41, 5.74) is 2.73. The van der Waals surface area contributed by atoms with Crippen LogP contribution in [0.4, 0.5) is 5.13 Å². The van der Waals surface area contributed by atoms with E-state index < -0.39 is 0 Å². The van der Waals surface area contributed by atoms with E-state index in [1.54, 1.807) is 13.2 Å². The van der Waals surface area contributed by atoms with Crippen LogP contribution in [0.1, 0.15) is 23.8 Å². The number of aryl methyl sites for hydroxylation is 1. The van der Waals surface area contributed by atoms with Gasteiger partial charge in [0.05, 0.1) is 19.4 Å². The van der Waals surface area contributed by atoms with Crippen molar-refractivity contribution in [2.75, 3.05) is 19.0 Å². The van der Waals surface area contributed by atoms with Crippen LogP contribution >= 0.6 is 27.3 Å². The van der Waals surface area contributed by atoms with Gasteiger partial charge in [-0.2, -0.15) is 0 Å². The summed E-state index contributed by atoms with van der Waals surface area (Å²) in [6.07, 6.45) is 4.14. The Kier molecular flexibility index (Phi) is 7.65. The molecule has 1 amide bonds. The molecule has 0 unspecified atom stereocenters. The Bertz CT molecular complexity index is 1050. The lowest BCUT2D eigenvalue weighted by Crippen LogP contribution is -2.07. The molecular formula is C23H23BrN2O3S. The Morgan fingerprint density at radius 1 is 1.20 bits per heavy atom. The number of ether oxygens (including phenoxy) is 2. The maximum absolute atomic E-state index is 12.4. The zero-order chi connectivity index (χ0) is 21.5. The summed E-state index contributed by atoms with van der Waals surface area (Å²) >= 11 is 4.89. The van der Waals surface area contributed by atoms with Gasteiger partial charge in [0.1, 0.15) is 0 Å².